The number of carbonyl (C=O) groups excluding carboxylic acids is 1. The Morgan fingerprint density at radius 1 is 1.41 bits per heavy atom. The Balaban J connectivity index is 2.01. The highest BCUT2D eigenvalue weighted by Crippen LogP contribution is 2.25. The number of nitrogen functional groups attached to an aromatic ring is 1. The van der Waals surface area contributed by atoms with E-state index in [1.54, 1.807) is 17.1 Å². The summed E-state index contributed by atoms with van der Waals surface area (Å²) in [5.74, 6) is 6.81. The number of hydrogen-bond acceptors (Lipinski definition) is 6. The molecule has 0 aliphatic carbocycles. The van der Waals surface area contributed by atoms with E-state index in [1.807, 2.05) is 17.5 Å². The highest BCUT2D eigenvalue weighted by atomic mass is 32.2. The summed E-state index contributed by atoms with van der Waals surface area (Å²) in [6.07, 6.45) is 3.37. The summed E-state index contributed by atoms with van der Waals surface area (Å²) in [5.41, 5.74) is 0. The molecule has 0 saturated carbocycles. The first kappa shape index (κ1) is 16.3. The Morgan fingerprint density at radius 2 is 2.14 bits per heavy atom. The third kappa shape index (κ3) is 3.77. The molecule has 0 bridgehead atoms. The van der Waals surface area contributed by atoms with Crippen LogP contribution in [0.3, 0.4) is 0 Å². The molecular weight excluding hydrogens is 318 g/mol. The SMILES string of the molecule is C=CCN(CC=C)C(=O)CSc1nnc(-c2cccs2)n1N. The van der Waals surface area contributed by atoms with Crippen molar-refractivity contribution in [1.82, 2.24) is 19.8 Å². The van der Waals surface area contributed by atoms with Crippen molar-refractivity contribution in [3.8, 4) is 10.7 Å². The van der Waals surface area contributed by atoms with E-state index in [-0.39, 0.29) is 11.7 Å². The van der Waals surface area contributed by atoms with Crippen LogP contribution in [0.2, 0.25) is 0 Å². The molecule has 116 valence electrons. The normalized spacial score (nSPS) is 10.4. The van der Waals surface area contributed by atoms with Gasteiger partial charge in [0.2, 0.25) is 11.1 Å². The van der Waals surface area contributed by atoms with Gasteiger partial charge < -0.3 is 10.7 Å². The van der Waals surface area contributed by atoms with Gasteiger partial charge in [0, 0.05) is 13.1 Å². The molecule has 0 saturated heterocycles. The standard InChI is InChI=1S/C14H17N5OS2/c1-3-7-18(8-4-2)12(20)10-22-14-17-16-13(19(14)15)11-6-5-9-21-11/h3-6,9H,1-2,7-8,10,15H2. The molecule has 6 nitrogen and oxygen atoms in total. The van der Waals surface area contributed by atoms with Gasteiger partial charge in [-0.05, 0) is 11.4 Å². The van der Waals surface area contributed by atoms with Crippen molar-refractivity contribution < 1.29 is 4.79 Å². The number of amides is 1. The van der Waals surface area contributed by atoms with Gasteiger partial charge in [0.1, 0.15) is 0 Å². The smallest absolute Gasteiger partial charge is 0.233 e. The summed E-state index contributed by atoms with van der Waals surface area (Å²) in [4.78, 5) is 14.8. The fourth-order valence-electron chi connectivity index (χ4n) is 1.76. The van der Waals surface area contributed by atoms with Crippen molar-refractivity contribution >= 4 is 29.0 Å². The molecule has 2 rings (SSSR count). The van der Waals surface area contributed by atoms with Crippen LogP contribution in [0.4, 0.5) is 0 Å². The fraction of sp³-hybridized carbons (Fsp3) is 0.214. The third-order valence-corrected chi connectivity index (χ3v) is 4.58. The van der Waals surface area contributed by atoms with Gasteiger partial charge >= 0.3 is 0 Å². The second kappa shape index (κ2) is 7.81. The summed E-state index contributed by atoms with van der Waals surface area (Å²) in [7, 11) is 0. The first-order chi connectivity index (χ1) is 10.7. The number of hydrogen-bond donors (Lipinski definition) is 1. The van der Waals surface area contributed by atoms with E-state index in [1.165, 1.54) is 27.8 Å². The lowest BCUT2D eigenvalue weighted by Crippen LogP contribution is -2.32. The van der Waals surface area contributed by atoms with Crippen molar-refractivity contribution in [3.63, 3.8) is 0 Å². The van der Waals surface area contributed by atoms with Crippen LogP contribution in [0.1, 0.15) is 0 Å². The topological polar surface area (TPSA) is 77.0 Å². The number of carbonyl (C=O) groups is 1. The van der Waals surface area contributed by atoms with Crippen molar-refractivity contribution in [2.45, 2.75) is 5.16 Å². The summed E-state index contributed by atoms with van der Waals surface area (Å²) >= 11 is 2.80. The van der Waals surface area contributed by atoms with Crippen LogP contribution in [0.25, 0.3) is 10.7 Å². The van der Waals surface area contributed by atoms with Crippen LogP contribution in [-0.2, 0) is 4.79 Å². The maximum Gasteiger partial charge on any atom is 0.233 e. The van der Waals surface area contributed by atoms with Crippen molar-refractivity contribution in [2.75, 3.05) is 24.7 Å². The zero-order valence-corrected chi connectivity index (χ0v) is 13.6. The highest BCUT2D eigenvalue weighted by molar-refractivity contribution is 7.99. The Morgan fingerprint density at radius 3 is 2.73 bits per heavy atom. The molecule has 0 aromatic carbocycles. The molecule has 0 radical (unpaired) electrons. The molecule has 2 heterocycles. The van der Waals surface area contributed by atoms with Gasteiger partial charge in [0.15, 0.2) is 5.82 Å². The van der Waals surface area contributed by atoms with Gasteiger partial charge in [0.05, 0.1) is 10.6 Å². The predicted molar refractivity (Wildman–Crippen MR) is 91.2 cm³/mol. The fourth-order valence-corrected chi connectivity index (χ4v) is 3.22. The summed E-state index contributed by atoms with van der Waals surface area (Å²) < 4.78 is 1.41. The van der Waals surface area contributed by atoms with Gasteiger partial charge in [0.25, 0.3) is 0 Å². The Labute approximate surface area is 137 Å². The monoisotopic (exact) mass is 335 g/mol. The average molecular weight is 335 g/mol. The second-order valence-electron chi connectivity index (χ2n) is 4.32. The van der Waals surface area contributed by atoms with E-state index in [0.717, 1.165) is 4.88 Å². The number of aromatic nitrogens is 3. The summed E-state index contributed by atoms with van der Waals surface area (Å²) in [5, 5.41) is 10.6. The molecule has 0 atom stereocenters. The van der Waals surface area contributed by atoms with E-state index in [0.29, 0.717) is 24.1 Å². The summed E-state index contributed by atoms with van der Waals surface area (Å²) in [6, 6.07) is 3.85. The van der Waals surface area contributed by atoms with Crippen LogP contribution >= 0.6 is 23.1 Å². The molecule has 22 heavy (non-hydrogen) atoms. The Bertz CT molecular complexity index is 640. The number of nitrogens with zero attached hydrogens (tertiary/aromatic N) is 4. The molecule has 0 fully saturated rings. The lowest BCUT2D eigenvalue weighted by Gasteiger charge is -2.18. The molecule has 0 aliphatic heterocycles. The molecule has 0 spiro atoms. The van der Waals surface area contributed by atoms with Gasteiger partial charge in [-0.1, -0.05) is 30.0 Å². The molecule has 2 N–H and O–H groups in total. The van der Waals surface area contributed by atoms with Crippen LogP contribution in [0.15, 0.2) is 48.0 Å². The zero-order valence-electron chi connectivity index (χ0n) is 12.0. The lowest BCUT2D eigenvalue weighted by molar-refractivity contribution is -0.127. The Hall–Kier alpha value is -2.06. The molecule has 2 aromatic heterocycles. The lowest BCUT2D eigenvalue weighted by atomic mass is 10.4. The minimum Gasteiger partial charge on any atom is -0.335 e. The quantitative estimate of drug-likeness (QED) is 0.454. The first-order valence-electron chi connectivity index (χ1n) is 6.54. The minimum atomic E-state index is -0.0227. The maximum atomic E-state index is 12.2. The number of nitrogens with two attached hydrogens (primary N) is 1. The van der Waals surface area contributed by atoms with Crippen molar-refractivity contribution in [3.05, 3.63) is 42.8 Å². The van der Waals surface area contributed by atoms with Crippen LogP contribution in [0, 0.1) is 0 Å². The van der Waals surface area contributed by atoms with Crippen molar-refractivity contribution in [1.29, 1.82) is 0 Å². The van der Waals surface area contributed by atoms with Crippen LogP contribution in [0.5, 0.6) is 0 Å². The number of thiophene rings is 1. The van der Waals surface area contributed by atoms with Crippen LogP contribution in [-0.4, -0.2) is 44.5 Å². The van der Waals surface area contributed by atoms with E-state index >= 15 is 0 Å². The molecular formula is C14H17N5OS2. The highest BCUT2D eigenvalue weighted by Gasteiger charge is 2.16. The van der Waals surface area contributed by atoms with Crippen LogP contribution < -0.4 is 5.84 Å². The number of rotatable bonds is 8. The van der Waals surface area contributed by atoms with E-state index in [9.17, 15) is 4.79 Å². The maximum absolute atomic E-state index is 12.2. The predicted octanol–water partition coefficient (Wildman–Crippen LogP) is 2.01. The van der Waals surface area contributed by atoms with Gasteiger partial charge in [-0.15, -0.1) is 34.7 Å². The van der Waals surface area contributed by atoms with E-state index in [4.69, 9.17) is 5.84 Å². The van der Waals surface area contributed by atoms with E-state index < -0.39 is 0 Å². The van der Waals surface area contributed by atoms with Gasteiger partial charge in [-0.25, -0.2) is 4.68 Å². The van der Waals surface area contributed by atoms with Gasteiger partial charge in [-0.2, -0.15) is 0 Å². The Kier molecular flexibility index (Phi) is 5.79. The minimum absolute atomic E-state index is 0.0227. The first-order valence-corrected chi connectivity index (χ1v) is 8.40. The zero-order chi connectivity index (χ0) is 15.9. The van der Waals surface area contributed by atoms with Gasteiger partial charge in [-0.3, -0.25) is 4.79 Å². The molecule has 1 amide bonds. The second-order valence-corrected chi connectivity index (χ2v) is 6.21. The average Bonchev–Trinajstić information content (AvgIpc) is 3.14. The molecule has 8 heteroatoms. The number of thioether (sulfide) groups is 1. The summed E-state index contributed by atoms with van der Waals surface area (Å²) in [6.45, 7) is 8.27. The molecule has 0 aliphatic rings. The molecule has 2 aromatic rings. The third-order valence-electron chi connectivity index (χ3n) is 2.78. The largest absolute Gasteiger partial charge is 0.335 e. The van der Waals surface area contributed by atoms with E-state index in [2.05, 4.69) is 23.4 Å². The molecule has 0 unspecified atom stereocenters. The van der Waals surface area contributed by atoms with Crippen molar-refractivity contribution in [2.24, 2.45) is 0 Å².